The van der Waals surface area contributed by atoms with Crippen LogP contribution >= 0.6 is 0 Å². The topological polar surface area (TPSA) is 12.0 Å². The smallest absolute Gasteiger partial charge is 0.00684 e. The predicted molar refractivity (Wildman–Crippen MR) is 90.8 cm³/mol. The lowest BCUT2D eigenvalue weighted by Gasteiger charge is -2.30. The van der Waals surface area contributed by atoms with E-state index in [9.17, 15) is 0 Å². The molecule has 0 unspecified atom stereocenters. The van der Waals surface area contributed by atoms with E-state index in [0.717, 1.165) is 6.04 Å². The van der Waals surface area contributed by atoms with Crippen LogP contribution < -0.4 is 5.32 Å². The fraction of sp³-hybridized carbons (Fsp3) is 0.700. The zero-order chi connectivity index (χ0) is 14.9. The normalized spacial score (nSPS) is 21.7. The molecule has 2 saturated carbocycles. The third-order valence-corrected chi connectivity index (χ3v) is 5.41. The standard InChI is InChI=1S/C20H31N/c1-19(2,3)17-8-6-16(7-9-17)14-20(12-4-5-13-20)15-21-18-10-11-18/h6-9,18,21H,4-5,10-15H2,1-3H3. The summed E-state index contributed by atoms with van der Waals surface area (Å²) in [6.45, 7) is 8.11. The molecule has 0 radical (unpaired) electrons. The van der Waals surface area contributed by atoms with Crippen molar-refractivity contribution in [3.63, 3.8) is 0 Å². The second-order valence-corrected chi connectivity index (χ2v) is 8.49. The zero-order valence-electron chi connectivity index (χ0n) is 14.0. The van der Waals surface area contributed by atoms with Gasteiger partial charge in [-0.15, -0.1) is 0 Å². The van der Waals surface area contributed by atoms with Crippen LogP contribution in [-0.2, 0) is 11.8 Å². The molecule has 2 fully saturated rings. The van der Waals surface area contributed by atoms with Gasteiger partial charge in [-0.3, -0.25) is 0 Å². The summed E-state index contributed by atoms with van der Waals surface area (Å²) in [4.78, 5) is 0. The van der Waals surface area contributed by atoms with Crippen LogP contribution in [0.4, 0.5) is 0 Å². The van der Waals surface area contributed by atoms with Gasteiger partial charge in [0.05, 0.1) is 0 Å². The Labute approximate surface area is 130 Å². The number of rotatable bonds is 5. The van der Waals surface area contributed by atoms with E-state index in [0.29, 0.717) is 5.41 Å². The van der Waals surface area contributed by atoms with Crippen LogP contribution in [0.25, 0.3) is 0 Å². The molecule has 0 spiro atoms. The summed E-state index contributed by atoms with van der Waals surface area (Å²) < 4.78 is 0. The first-order valence-corrected chi connectivity index (χ1v) is 8.80. The Balaban J connectivity index is 1.67. The second-order valence-electron chi connectivity index (χ2n) is 8.49. The Morgan fingerprint density at radius 1 is 1.05 bits per heavy atom. The molecule has 1 nitrogen and oxygen atoms in total. The molecule has 0 saturated heterocycles. The Kier molecular flexibility index (Phi) is 4.14. The van der Waals surface area contributed by atoms with Crippen LogP contribution in [0.15, 0.2) is 24.3 Å². The lowest BCUT2D eigenvalue weighted by Crippen LogP contribution is -2.35. The molecular weight excluding hydrogens is 254 g/mol. The van der Waals surface area contributed by atoms with Crippen LogP contribution in [0.1, 0.15) is 70.4 Å². The Hall–Kier alpha value is -0.820. The maximum absolute atomic E-state index is 3.80. The summed E-state index contributed by atoms with van der Waals surface area (Å²) in [5.41, 5.74) is 3.77. The highest BCUT2D eigenvalue weighted by atomic mass is 15.0. The van der Waals surface area contributed by atoms with E-state index in [1.54, 1.807) is 0 Å². The zero-order valence-corrected chi connectivity index (χ0v) is 14.0. The summed E-state index contributed by atoms with van der Waals surface area (Å²) in [7, 11) is 0. The van der Waals surface area contributed by atoms with Crippen molar-refractivity contribution >= 4 is 0 Å². The molecule has 1 aromatic carbocycles. The molecule has 2 aliphatic carbocycles. The van der Waals surface area contributed by atoms with Crippen molar-refractivity contribution in [1.29, 1.82) is 0 Å². The van der Waals surface area contributed by atoms with Gasteiger partial charge in [0.25, 0.3) is 0 Å². The average molecular weight is 285 g/mol. The quantitative estimate of drug-likeness (QED) is 0.816. The van der Waals surface area contributed by atoms with Gasteiger partial charge in [-0.2, -0.15) is 0 Å². The summed E-state index contributed by atoms with van der Waals surface area (Å²) in [5, 5.41) is 3.80. The lowest BCUT2D eigenvalue weighted by atomic mass is 9.79. The summed E-state index contributed by atoms with van der Waals surface area (Å²) >= 11 is 0. The minimum absolute atomic E-state index is 0.261. The maximum Gasteiger partial charge on any atom is 0.00684 e. The molecule has 1 heteroatoms. The summed E-state index contributed by atoms with van der Waals surface area (Å²) in [6, 6.07) is 10.3. The number of nitrogens with one attached hydrogen (secondary N) is 1. The molecule has 0 atom stereocenters. The van der Waals surface area contributed by atoms with E-state index in [-0.39, 0.29) is 5.41 Å². The Bertz CT molecular complexity index is 456. The van der Waals surface area contributed by atoms with E-state index < -0.39 is 0 Å². The first-order chi connectivity index (χ1) is 9.97. The summed E-state index contributed by atoms with van der Waals surface area (Å²) in [6.07, 6.45) is 9.73. The molecule has 0 amide bonds. The lowest BCUT2D eigenvalue weighted by molar-refractivity contribution is 0.276. The first kappa shape index (κ1) is 15.1. The van der Waals surface area contributed by atoms with Gasteiger partial charge in [-0.25, -0.2) is 0 Å². The van der Waals surface area contributed by atoms with Gasteiger partial charge in [-0.1, -0.05) is 57.9 Å². The van der Waals surface area contributed by atoms with Crippen molar-refractivity contribution < 1.29 is 0 Å². The molecule has 21 heavy (non-hydrogen) atoms. The van der Waals surface area contributed by atoms with E-state index in [2.05, 4.69) is 50.4 Å². The van der Waals surface area contributed by atoms with Gasteiger partial charge in [0.2, 0.25) is 0 Å². The molecule has 0 aromatic heterocycles. The van der Waals surface area contributed by atoms with Crippen LogP contribution in [0.5, 0.6) is 0 Å². The Morgan fingerprint density at radius 3 is 2.19 bits per heavy atom. The van der Waals surface area contributed by atoms with E-state index in [4.69, 9.17) is 0 Å². The van der Waals surface area contributed by atoms with Crippen molar-refractivity contribution in [2.75, 3.05) is 6.54 Å². The average Bonchev–Trinajstić information content (AvgIpc) is 3.16. The van der Waals surface area contributed by atoms with E-state index >= 15 is 0 Å². The predicted octanol–water partition coefficient (Wildman–Crippen LogP) is 4.84. The number of benzene rings is 1. The minimum Gasteiger partial charge on any atom is -0.313 e. The fourth-order valence-corrected chi connectivity index (χ4v) is 3.74. The monoisotopic (exact) mass is 285 g/mol. The van der Waals surface area contributed by atoms with Crippen molar-refractivity contribution in [2.45, 2.75) is 77.2 Å². The molecule has 0 heterocycles. The molecular formula is C20H31N. The van der Waals surface area contributed by atoms with Crippen molar-refractivity contribution in [1.82, 2.24) is 5.32 Å². The molecule has 1 N–H and O–H groups in total. The maximum atomic E-state index is 3.80. The van der Waals surface area contributed by atoms with Crippen LogP contribution in [0.2, 0.25) is 0 Å². The highest BCUT2D eigenvalue weighted by Crippen LogP contribution is 2.41. The molecule has 2 aliphatic rings. The third kappa shape index (κ3) is 3.88. The number of hydrogen-bond donors (Lipinski definition) is 1. The largest absolute Gasteiger partial charge is 0.313 e. The molecule has 0 bridgehead atoms. The van der Waals surface area contributed by atoms with Crippen LogP contribution in [-0.4, -0.2) is 12.6 Å². The van der Waals surface area contributed by atoms with Crippen LogP contribution in [0.3, 0.4) is 0 Å². The van der Waals surface area contributed by atoms with Gasteiger partial charge in [0, 0.05) is 12.6 Å². The second kappa shape index (κ2) is 5.76. The van der Waals surface area contributed by atoms with E-state index in [1.807, 2.05) is 0 Å². The Morgan fingerprint density at radius 2 is 1.67 bits per heavy atom. The highest BCUT2D eigenvalue weighted by Gasteiger charge is 2.35. The number of hydrogen-bond acceptors (Lipinski definition) is 1. The molecule has 0 aliphatic heterocycles. The fourth-order valence-electron chi connectivity index (χ4n) is 3.74. The van der Waals surface area contributed by atoms with Crippen LogP contribution in [0, 0.1) is 5.41 Å². The molecule has 3 rings (SSSR count). The van der Waals surface area contributed by atoms with E-state index in [1.165, 1.54) is 62.6 Å². The summed E-state index contributed by atoms with van der Waals surface area (Å²) in [5.74, 6) is 0. The van der Waals surface area contributed by atoms with Gasteiger partial charge in [0.15, 0.2) is 0 Å². The van der Waals surface area contributed by atoms with Gasteiger partial charge < -0.3 is 5.32 Å². The van der Waals surface area contributed by atoms with Crippen molar-refractivity contribution in [3.05, 3.63) is 35.4 Å². The van der Waals surface area contributed by atoms with Gasteiger partial charge in [0.1, 0.15) is 0 Å². The van der Waals surface area contributed by atoms with Gasteiger partial charge >= 0.3 is 0 Å². The first-order valence-electron chi connectivity index (χ1n) is 8.80. The third-order valence-electron chi connectivity index (χ3n) is 5.41. The van der Waals surface area contributed by atoms with Crippen molar-refractivity contribution in [3.8, 4) is 0 Å². The molecule has 1 aromatic rings. The molecule has 116 valence electrons. The van der Waals surface area contributed by atoms with Crippen molar-refractivity contribution in [2.24, 2.45) is 5.41 Å². The van der Waals surface area contributed by atoms with Gasteiger partial charge in [-0.05, 0) is 54.1 Å². The highest BCUT2D eigenvalue weighted by molar-refractivity contribution is 5.28. The SMILES string of the molecule is CC(C)(C)c1ccc(CC2(CNC3CC3)CCCC2)cc1. The minimum atomic E-state index is 0.261.